The molecule has 21 heavy (non-hydrogen) atoms. The standard InChI is InChI=1S/C16H16N4O/c1-2-21-15-8-4-7-14(19-15)20-10-9-18-16(20)12-5-3-6-13(17)11-12/h3-11H,2,17H2,1H3. The van der Waals surface area contributed by atoms with Gasteiger partial charge in [-0.3, -0.25) is 4.57 Å². The fourth-order valence-electron chi connectivity index (χ4n) is 2.15. The number of anilines is 1. The van der Waals surface area contributed by atoms with Crippen molar-refractivity contribution in [2.45, 2.75) is 6.92 Å². The lowest BCUT2D eigenvalue weighted by atomic mass is 10.2. The largest absolute Gasteiger partial charge is 0.478 e. The molecule has 2 N–H and O–H groups in total. The predicted molar refractivity (Wildman–Crippen MR) is 82.4 cm³/mol. The number of rotatable bonds is 4. The van der Waals surface area contributed by atoms with E-state index in [9.17, 15) is 0 Å². The predicted octanol–water partition coefficient (Wildman–Crippen LogP) is 2.92. The Morgan fingerprint density at radius 2 is 2.05 bits per heavy atom. The van der Waals surface area contributed by atoms with Crippen molar-refractivity contribution in [3.63, 3.8) is 0 Å². The van der Waals surface area contributed by atoms with Gasteiger partial charge in [0.15, 0.2) is 0 Å². The van der Waals surface area contributed by atoms with E-state index in [1.807, 2.05) is 60.2 Å². The summed E-state index contributed by atoms with van der Waals surface area (Å²) in [7, 11) is 0. The molecule has 0 aliphatic rings. The minimum Gasteiger partial charge on any atom is -0.478 e. The molecule has 0 unspecified atom stereocenters. The first-order valence-corrected chi connectivity index (χ1v) is 6.77. The number of pyridine rings is 1. The molecule has 5 nitrogen and oxygen atoms in total. The molecule has 5 heteroatoms. The van der Waals surface area contributed by atoms with Crippen LogP contribution in [0.25, 0.3) is 17.2 Å². The highest BCUT2D eigenvalue weighted by molar-refractivity contribution is 5.63. The first kappa shape index (κ1) is 13.2. The maximum absolute atomic E-state index is 5.84. The second-order valence-electron chi connectivity index (χ2n) is 4.51. The number of hydrogen-bond donors (Lipinski definition) is 1. The summed E-state index contributed by atoms with van der Waals surface area (Å²) in [5.74, 6) is 2.15. The van der Waals surface area contributed by atoms with Crippen LogP contribution in [0.1, 0.15) is 6.92 Å². The molecule has 0 saturated heterocycles. The van der Waals surface area contributed by atoms with Crippen molar-refractivity contribution in [2.75, 3.05) is 12.3 Å². The van der Waals surface area contributed by atoms with Gasteiger partial charge in [0.05, 0.1) is 6.61 Å². The molecule has 3 aromatic rings. The molecule has 0 fully saturated rings. The van der Waals surface area contributed by atoms with E-state index in [0.717, 1.165) is 17.2 Å². The van der Waals surface area contributed by atoms with Gasteiger partial charge < -0.3 is 10.5 Å². The summed E-state index contributed by atoms with van der Waals surface area (Å²) < 4.78 is 7.36. The van der Waals surface area contributed by atoms with Crippen molar-refractivity contribution >= 4 is 5.69 Å². The smallest absolute Gasteiger partial charge is 0.215 e. The molecule has 0 bridgehead atoms. The van der Waals surface area contributed by atoms with Crippen LogP contribution in [0, 0.1) is 0 Å². The molecule has 0 radical (unpaired) electrons. The third-order valence-corrected chi connectivity index (χ3v) is 3.03. The van der Waals surface area contributed by atoms with E-state index in [0.29, 0.717) is 18.2 Å². The Labute approximate surface area is 123 Å². The number of nitrogen functional groups attached to an aromatic ring is 1. The number of nitrogens with zero attached hydrogens (tertiary/aromatic N) is 3. The summed E-state index contributed by atoms with van der Waals surface area (Å²) in [5.41, 5.74) is 7.50. The van der Waals surface area contributed by atoms with Gasteiger partial charge in [-0.15, -0.1) is 0 Å². The van der Waals surface area contributed by atoms with E-state index < -0.39 is 0 Å². The Morgan fingerprint density at radius 1 is 1.19 bits per heavy atom. The van der Waals surface area contributed by atoms with Gasteiger partial charge >= 0.3 is 0 Å². The third-order valence-electron chi connectivity index (χ3n) is 3.03. The monoisotopic (exact) mass is 280 g/mol. The van der Waals surface area contributed by atoms with Gasteiger partial charge in [-0.25, -0.2) is 4.98 Å². The topological polar surface area (TPSA) is 66.0 Å². The summed E-state index contributed by atoms with van der Waals surface area (Å²) in [4.78, 5) is 8.89. The molecule has 1 aromatic carbocycles. The van der Waals surface area contributed by atoms with E-state index in [-0.39, 0.29) is 0 Å². The summed E-state index contributed by atoms with van der Waals surface area (Å²) in [6.07, 6.45) is 3.62. The Hall–Kier alpha value is -2.82. The first-order valence-electron chi connectivity index (χ1n) is 6.77. The van der Waals surface area contributed by atoms with E-state index in [2.05, 4.69) is 9.97 Å². The van der Waals surface area contributed by atoms with Crippen molar-refractivity contribution in [3.05, 3.63) is 54.9 Å². The lowest BCUT2D eigenvalue weighted by Crippen LogP contribution is -2.02. The van der Waals surface area contributed by atoms with Crippen molar-refractivity contribution in [1.29, 1.82) is 0 Å². The molecule has 0 aliphatic carbocycles. The first-order chi connectivity index (χ1) is 10.3. The molecule has 3 rings (SSSR count). The van der Waals surface area contributed by atoms with Crippen LogP contribution in [-0.4, -0.2) is 21.1 Å². The summed E-state index contributed by atoms with van der Waals surface area (Å²) >= 11 is 0. The normalized spacial score (nSPS) is 10.5. The van der Waals surface area contributed by atoms with Crippen LogP contribution in [0.15, 0.2) is 54.9 Å². The molecule has 0 amide bonds. The molecule has 0 spiro atoms. The fourth-order valence-corrected chi connectivity index (χ4v) is 2.15. The van der Waals surface area contributed by atoms with Gasteiger partial charge in [0.2, 0.25) is 5.88 Å². The zero-order valence-electron chi connectivity index (χ0n) is 11.7. The highest BCUT2D eigenvalue weighted by Crippen LogP contribution is 2.23. The van der Waals surface area contributed by atoms with Crippen molar-refractivity contribution in [2.24, 2.45) is 0 Å². The second-order valence-corrected chi connectivity index (χ2v) is 4.51. The Morgan fingerprint density at radius 3 is 2.86 bits per heavy atom. The van der Waals surface area contributed by atoms with Crippen LogP contribution in [-0.2, 0) is 0 Å². The number of nitrogens with two attached hydrogens (primary N) is 1. The molecule has 2 heterocycles. The molecule has 0 saturated carbocycles. The second kappa shape index (κ2) is 5.66. The molecule has 0 aliphatic heterocycles. The zero-order chi connectivity index (χ0) is 14.7. The van der Waals surface area contributed by atoms with Gasteiger partial charge in [-0.1, -0.05) is 18.2 Å². The van der Waals surface area contributed by atoms with Crippen LogP contribution in [0.4, 0.5) is 5.69 Å². The van der Waals surface area contributed by atoms with Crippen molar-refractivity contribution in [1.82, 2.24) is 14.5 Å². The molecule has 0 atom stereocenters. The average Bonchev–Trinajstić information content (AvgIpc) is 2.97. The molecular weight excluding hydrogens is 264 g/mol. The van der Waals surface area contributed by atoms with Gasteiger partial charge in [-0.2, -0.15) is 4.98 Å². The SMILES string of the molecule is CCOc1cccc(-n2ccnc2-c2cccc(N)c2)n1. The molecule has 106 valence electrons. The van der Waals surface area contributed by atoms with Gasteiger partial charge in [0.25, 0.3) is 0 Å². The maximum atomic E-state index is 5.84. The van der Waals surface area contributed by atoms with Crippen LogP contribution in [0.3, 0.4) is 0 Å². The highest BCUT2D eigenvalue weighted by Gasteiger charge is 2.09. The Bertz CT molecular complexity index is 751. The van der Waals surface area contributed by atoms with Gasteiger partial charge in [0.1, 0.15) is 11.6 Å². The minimum absolute atomic E-state index is 0.586. The highest BCUT2D eigenvalue weighted by atomic mass is 16.5. The third kappa shape index (κ3) is 2.72. The van der Waals surface area contributed by atoms with E-state index in [4.69, 9.17) is 10.5 Å². The number of benzene rings is 1. The lowest BCUT2D eigenvalue weighted by Gasteiger charge is -2.09. The maximum Gasteiger partial charge on any atom is 0.215 e. The van der Waals surface area contributed by atoms with Crippen LogP contribution < -0.4 is 10.5 Å². The van der Waals surface area contributed by atoms with E-state index >= 15 is 0 Å². The van der Waals surface area contributed by atoms with Crippen LogP contribution in [0.2, 0.25) is 0 Å². The van der Waals surface area contributed by atoms with E-state index in [1.54, 1.807) is 6.20 Å². The van der Waals surface area contributed by atoms with Gasteiger partial charge in [-0.05, 0) is 25.1 Å². The number of imidazole rings is 1. The average molecular weight is 280 g/mol. The van der Waals surface area contributed by atoms with Crippen molar-refractivity contribution in [3.8, 4) is 23.1 Å². The summed E-state index contributed by atoms with van der Waals surface area (Å²) in [5, 5.41) is 0. The summed E-state index contributed by atoms with van der Waals surface area (Å²) in [6.45, 7) is 2.52. The molecule has 2 aromatic heterocycles. The number of ether oxygens (including phenoxy) is 1. The van der Waals surface area contributed by atoms with Crippen LogP contribution in [0.5, 0.6) is 5.88 Å². The van der Waals surface area contributed by atoms with Crippen LogP contribution >= 0.6 is 0 Å². The Kier molecular flexibility index (Phi) is 3.55. The quantitative estimate of drug-likeness (QED) is 0.746. The van der Waals surface area contributed by atoms with E-state index in [1.165, 1.54) is 0 Å². The number of aromatic nitrogens is 3. The Balaban J connectivity index is 2.05. The lowest BCUT2D eigenvalue weighted by molar-refractivity contribution is 0.326. The molecular formula is C16H16N4O. The number of hydrogen-bond acceptors (Lipinski definition) is 4. The zero-order valence-corrected chi connectivity index (χ0v) is 11.7. The van der Waals surface area contributed by atoms with Gasteiger partial charge in [0, 0.05) is 29.7 Å². The summed E-state index contributed by atoms with van der Waals surface area (Å²) in [6, 6.07) is 13.3. The fraction of sp³-hybridized carbons (Fsp3) is 0.125. The van der Waals surface area contributed by atoms with Crippen molar-refractivity contribution < 1.29 is 4.74 Å². The minimum atomic E-state index is 0.586.